The zero-order chi connectivity index (χ0) is 18.6. The van der Waals surface area contributed by atoms with E-state index in [-0.39, 0.29) is 18.3 Å². The van der Waals surface area contributed by atoms with Gasteiger partial charge in [-0.3, -0.25) is 9.69 Å². The van der Waals surface area contributed by atoms with Crippen molar-refractivity contribution < 1.29 is 27.7 Å². The van der Waals surface area contributed by atoms with E-state index >= 15 is 0 Å². The van der Waals surface area contributed by atoms with E-state index in [1.165, 1.54) is 12.1 Å². The standard InChI is InChI=1S/C18H18F3N3O2/c19-18(20,21)14-4-3-5-15(12-14)26-13-17(25)24-10-8-23(9-11-24)16-6-1-2-7-22-16/h1-7,12H,8-11,13H2/p+1. The summed E-state index contributed by atoms with van der Waals surface area (Å²) in [6, 6.07) is 10.3. The number of alkyl halides is 3. The van der Waals surface area contributed by atoms with Crippen molar-refractivity contribution in [3.8, 4) is 5.75 Å². The summed E-state index contributed by atoms with van der Waals surface area (Å²) >= 11 is 0. The molecule has 0 aliphatic carbocycles. The number of amides is 1. The molecule has 26 heavy (non-hydrogen) atoms. The van der Waals surface area contributed by atoms with E-state index < -0.39 is 11.7 Å². The molecular weight excluding hydrogens is 347 g/mol. The third-order valence-electron chi connectivity index (χ3n) is 4.19. The van der Waals surface area contributed by atoms with E-state index in [2.05, 4.69) is 9.88 Å². The Balaban J connectivity index is 1.51. The van der Waals surface area contributed by atoms with Crippen LogP contribution in [0, 0.1) is 0 Å². The van der Waals surface area contributed by atoms with Crippen molar-refractivity contribution in [2.24, 2.45) is 0 Å². The molecule has 1 amide bonds. The molecule has 0 unspecified atom stereocenters. The average Bonchev–Trinajstić information content (AvgIpc) is 2.66. The van der Waals surface area contributed by atoms with Crippen molar-refractivity contribution in [3.63, 3.8) is 0 Å². The molecule has 0 radical (unpaired) electrons. The topological polar surface area (TPSA) is 46.9 Å². The SMILES string of the molecule is O=C(COc1cccc(C(F)(F)F)c1)N1CCN(c2cccc[nH+]2)CC1. The molecule has 1 aromatic heterocycles. The lowest BCUT2D eigenvalue weighted by Crippen LogP contribution is -2.51. The van der Waals surface area contributed by atoms with Crippen LogP contribution in [0.5, 0.6) is 5.75 Å². The van der Waals surface area contributed by atoms with Crippen LogP contribution in [-0.2, 0) is 11.0 Å². The maximum Gasteiger partial charge on any atom is 0.416 e. The number of H-pyrrole nitrogens is 1. The number of nitrogens with one attached hydrogen (secondary N) is 1. The summed E-state index contributed by atoms with van der Waals surface area (Å²) in [5.41, 5.74) is -0.796. The summed E-state index contributed by atoms with van der Waals surface area (Å²) in [4.78, 5) is 19.2. The number of hydrogen-bond donors (Lipinski definition) is 0. The van der Waals surface area contributed by atoms with Crippen LogP contribution in [0.25, 0.3) is 0 Å². The number of aromatic amines is 1. The Kier molecular flexibility index (Phi) is 5.29. The summed E-state index contributed by atoms with van der Waals surface area (Å²) in [7, 11) is 0. The van der Waals surface area contributed by atoms with Gasteiger partial charge in [-0.05, 0) is 24.3 Å². The highest BCUT2D eigenvalue weighted by atomic mass is 19.4. The Morgan fingerprint density at radius 1 is 1.08 bits per heavy atom. The van der Waals surface area contributed by atoms with Gasteiger partial charge in [0.15, 0.2) is 6.61 Å². The fourth-order valence-electron chi connectivity index (χ4n) is 2.78. The first-order chi connectivity index (χ1) is 12.4. The molecule has 0 atom stereocenters. The van der Waals surface area contributed by atoms with Gasteiger partial charge >= 0.3 is 6.18 Å². The Labute approximate surface area is 149 Å². The van der Waals surface area contributed by atoms with Gasteiger partial charge in [0.25, 0.3) is 11.7 Å². The molecule has 1 fully saturated rings. The van der Waals surface area contributed by atoms with Crippen LogP contribution in [-0.4, -0.2) is 43.6 Å². The summed E-state index contributed by atoms with van der Waals surface area (Å²) in [6.07, 6.45) is -2.59. The number of ether oxygens (including phenoxy) is 1. The van der Waals surface area contributed by atoms with E-state index in [0.29, 0.717) is 26.2 Å². The van der Waals surface area contributed by atoms with Gasteiger partial charge < -0.3 is 9.64 Å². The summed E-state index contributed by atoms with van der Waals surface area (Å²) in [5, 5.41) is 0. The molecule has 0 bridgehead atoms. The molecule has 1 N–H and O–H groups in total. The van der Waals surface area contributed by atoms with Gasteiger partial charge in [0, 0.05) is 6.07 Å². The van der Waals surface area contributed by atoms with Crippen molar-refractivity contribution in [2.45, 2.75) is 6.18 Å². The van der Waals surface area contributed by atoms with Crippen molar-refractivity contribution >= 4 is 11.7 Å². The van der Waals surface area contributed by atoms with Crippen LogP contribution in [0.1, 0.15) is 5.56 Å². The molecule has 0 spiro atoms. The monoisotopic (exact) mass is 366 g/mol. The molecule has 0 saturated carbocycles. The zero-order valence-corrected chi connectivity index (χ0v) is 14.0. The predicted molar refractivity (Wildman–Crippen MR) is 88.7 cm³/mol. The summed E-state index contributed by atoms with van der Waals surface area (Å²) in [5.74, 6) is 0.782. The van der Waals surface area contributed by atoms with Crippen molar-refractivity contribution in [1.29, 1.82) is 0 Å². The first kappa shape index (κ1) is 18.0. The highest BCUT2D eigenvalue weighted by Gasteiger charge is 2.31. The number of pyridine rings is 1. The fourth-order valence-corrected chi connectivity index (χ4v) is 2.78. The Morgan fingerprint density at radius 3 is 2.50 bits per heavy atom. The minimum Gasteiger partial charge on any atom is -0.484 e. The van der Waals surface area contributed by atoms with Gasteiger partial charge in [-0.25, -0.2) is 4.98 Å². The molecule has 138 valence electrons. The lowest BCUT2D eigenvalue weighted by molar-refractivity contribution is -0.364. The number of hydrogen-bond acceptors (Lipinski definition) is 3. The third kappa shape index (κ3) is 4.44. The van der Waals surface area contributed by atoms with Crippen LogP contribution in [0.15, 0.2) is 48.7 Å². The van der Waals surface area contributed by atoms with Gasteiger partial charge in [0.05, 0.1) is 24.8 Å². The molecule has 1 aromatic carbocycles. The number of carbonyl (C=O) groups is 1. The number of aromatic nitrogens is 1. The number of carbonyl (C=O) groups excluding carboxylic acids is 1. The number of piperazine rings is 1. The second-order valence-corrected chi connectivity index (χ2v) is 5.93. The highest BCUT2D eigenvalue weighted by Crippen LogP contribution is 2.31. The lowest BCUT2D eigenvalue weighted by atomic mass is 10.2. The quantitative estimate of drug-likeness (QED) is 0.834. The minimum absolute atomic E-state index is 0.0331. The van der Waals surface area contributed by atoms with Gasteiger partial charge in [-0.15, -0.1) is 0 Å². The number of nitrogens with zero attached hydrogens (tertiary/aromatic N) is 2. The molecule has 8 heteroatoms. The molecule has 1 aliphatic rings. The maximum absolute atomic E-state index is 12.7. The molecular formula is C18H19F3N3O2+. The van der Waals surface area contributed by atoms with E-state index in [1.807, 2.05) is 24.4 Å². The third-order valence-corrected chi connectivity index (χ3v) is 4.19. The van der Waals surface area contributed by atoms with Crippen molar-refractivity contribution in [2.75, 3.05) is 37.7 Å². The van der Waals surface area contributed by atoms with E-state index in [0.717, 1.165) is 18.0 Å². The number of benzene rings is 1. The number of rotatable bonds is 4. The Morgan fingerprint density at radius 2 is 1.85 bits per heavy atom. The summed E-state index contributed by atoms with van der Waals surface area (Å²) < 4.78 is 43.3. The largest absolute Gasteiger partial charge is 0.484 e. The van der Waals surface area contributed by atoms with Gasteiger partial charge in [-0.2, -0.15) is 13.2 Å². The van der Waals surface area contributed by atoms with Crippen LogP contribution in [0.2, 0.25) is 0 Å². The minimum atomic E-state index is -4.44. The van der Waals surface area contributed by atoms with Gasteiger partial charge in [0.1, 0.15) is 18.8 Å². The smallest absolute Gasteiger partial charge is 0.416 e. The lowest BCUT2D eigenvalue weighted by Gasteiger charge is -2.30. The van der Waals surface area contributed by atoms with E-state index in [4.69, 9.17) is 4.74 Å². The van der Waals surface area contributed by atoms with Gasteiger partial charge in [-0.1, -0.05) is 12.1 Å². The molecule has 3 rings (SSSR count). The highest BCUT2D eigenvalue weighted by molar-refractivity contribution is 5.78. The molecule has 5 nitrogen and oxygen atoms in total. The van der Waals surface area contributed by atoms with Gasteiger partial charge in [0.2, 0.25) is 0 Å². The normalized spacial score (nSPS) is 15.0. The van der Waals surface area contributed by atoms with E-state index in [9.17, 15) is 18.0 Å². The fraction of sp³-hybridized carbons (Fsp3) is 0.333. The van der Waals surface area contributed by atoms with Crippen LogP contribution in [0.3, 0.4) is 0 Å². The molecule has 2 aromatic rings. The predicted octanol–water partition coefficient (Wildman–Crippen LogP) is 2.25. The number of halogens is 3. The average molecular weight is 366 g/mol. The molecule has 1 saturated heterocycles. The molecule has 2 heterocycles. The van der Waals surface area contributed by atoms with Crippen molar-refractivity contribution in [1.82, 2.24) is 4.90 Å². The molecule has 1 aliphatic heterocycles. The number of anilines is 1. The van der Waals surface area contributed by atoms with E-state index in [1.54, 1.807) is 4.90 Å². The Bertz CT molecular complexity index is 745. The zero-order valence-electron chi connectivity index (χ0n) is 14.0. The van der Waals surface area contributed by atoms with Crippen LogP contribution in [0.4, 0.5) is 19.0 Å². The maximum atomic E-state index is 12.7. The Hall–Kier alpha value is -2.77. The first-order valence-corrected chi connectivity index (χ1v) is 8.23. The van der Waals surface area contributed by atoms with Crippen LogP contribution < -0.4 is 14.6 Å². The second-order valence-electron chi connectivity index (χ2n) is 5.93. The second kappa shape index (κ2) is 7.63. The summed E-state index contributed by atoms with van der Waals surface area (Å²) in [6.45, 7) is 2.14. The van der Waals surface area contributed by atoms with Crippen molar-refractivity contribution in [3.05, 3.63) is 54.2 Å². The van der Waals surface area contributed by atoms with Crippen LogP contribution >= 0.6 is 0 Å². The first-order valence-electron chi connectivity index (χ1n) is 8.23.